The van der Waals surface area contributed by atoms with E-state index in [9.17, 15) is 9.59 Å². The number of aromatic nitrogens is 2. The summed E-state index contributed by atoms with van der Waals surface area (Å²) < 4.78 is 7.77. The first kappa shape index (κ1) is 20.9. The summed E-state index contributed by atoms with van der Waals surface area (Å²) in [5.41, 5.74) is 2.19. The topological polar surface area (TPSA) is 75.9 Å². The van der Waals surface area contributed by atoms with E-state index in [-0.39, 0.29) is 11.8 Å². The second-order valence-corrected chi connectivity index (χ2v) is 7.82. The molecule has 7 nitrogen and oxygen atoms in total. The van der Waals surface area contributed by atoms with Gasteiger partial charge in [-0.1, -0.05) is 25.0 Å². The number of amides is 2. The summed E-state index contributed by atoms with van der Waals surface area (Å²) in [6, 6.07) is 12.9. The molecule has 4 rings (SSSR count). The molecule has 0 aliphatic carbocycles. The van der Waals surface area contributed by atoms with E-state index in [2.05, 4.69) is 10.3 Å². The molecule has 0 spiro atoms. The fourth-order valence-electron chi connectivity index (χ4n) is 3.80. The molecule has 1 aliphatic rings. The number of imidazole rings is 1. The van der Waals surface area contributed by atoms with Crippen LogP contribution in [0.5, 0.6) is 5.75 Å². The Labute approximate surface area is 182 Å². The largest absolute Gasteiger partial charge is 0.487 e. The quantitative estimate of drug-likeness (QED) is 0.635. The summed E-state index contributed by atoms with van der Waals surface area (Å²) in [5.74, 6) is 0.513. The van der Waals surface area contributed by atoms with Crippen LogP contribution in [0.25, 0.3) is 5.65 Å². The summed E-state index contributed by atoms with van der Waals surface area (Å²) in [5, 5.41) is 2.85. The van der Waals surface area contributed by atoms with Crippen LogP contribution >= 0.6 is 0 Å². The molecule has 1 N–H and O–H groups in total. The highest BCUT2D eigenvalue weighted by Crippen LogP contribution is 2.16. The zero-order chi connectivity index (χ0) is 21.5. The molecule has 3 heterocycles. The first-order chi connectivity index (χ1) is 15.2. The zero-order valence-electron chi connectivity index (χ0n) is 17.6. The number of pyridine rings is 1. The van der Waals surface area contributed by atoms with Gasteiger partial charge in [-0.15, -0.1) is 0 Å². The number of hydrogen-bond acceptors (Lipinski definition) is 4. The monoisotopic (exact) mass is 420 g/mol. The molecular formula is C24H28N4O3. The van der Waals surface area contributed by atoms with Crippen molar-refractivity contribution in [3.63, 3.8) is 0 Å². The minimum atomic E-state index is -0.207. The zero-order valence-corrected chi connectivity index (χ0v) is 17.6. The molecule has 2 amide bonds. The van der Waals surface area contributed by atoms with Crippen molar-refractivity contribution in [1.29, 1.82) is 0 Å². The Bertz CT molecular complexity index is 1000. The van der Waals surface area contributed by atoms with Crippen molar-refractivity contribution in [2.75, 3.05) is 19.6 Å². The average Bonchev–Trinajstić information content (AvgIpc) is 3.01. The molecule has 1 aromatic carbocycles. The predicted molar refractivity (Wildman–Crippen MR) is 118 cm³/mol. The summed E-state index contributed by atoms with van der Waals surface area (Å²) in [6.45, 7) is 2.31. The Balaban J connectivity index is 1.27. The van der Waals surface area contributed by atoms with E-state index in [0.29, 0.717) is 30.9 Å². The Morgan fingerprint density at radius 1 is 1.03 bits per heavy atom. The summed E-state index contributed by atoms with van der Waals surface area (Å²) in [4.78, 5) is 31.3. The third kappa shape index (κ3) is 5.63. The maximum absolute atomic E-state index is 12.5. The van der Waals surface area contributed by atoms with Gasteiger partial charge in [-0.3, -0.25) is 9.59 Å². The Morgan fingerprint density at radius 3 is 2.68 bits per heavy atom. The molecule has 3 aromatic rings. The van der Waals surface area contributed by atoms with Gasteiger partial charge in [0.1, 0.15) is 18.0 Å². The van der Waals surface area contributed by atoms with Crippen LogP contribution in [0.2, 0.25) is 0 Å². The van der Waals surface area contributed by atoms with Crippen LogP contribution in [-0.4, -0.2) is 45.7 Å². The van der Waals surface area contributed by atoms with Crippen LogP contribution in [0.3, 0.4) is 0 Å². The molecule has 1 fully saturated rings. The summed E-state index contributed by atoms with van der Waals surface area (Å²) in [7, 11) is 0. The van der Waals surface area contributed by atoms with Crippen LogP contribution in [0.1, 0.15) is 48.2 Å². The average molecular weight is 421 g/mol. The van der Waals surface area contributed by atoms with Crippen LogP contribution in [0.4, 0.5) is 0 Å². The SMILES string of the molecule is O=C(NCCC(=O)N1CCCCCC1)c1cccc(OCc2cn3ccccc3n2)c1. The van der Waals surface area contributed by atoms with Gasteiger partial charge in [-0.2, -0.15) is 0 Å². The molecule has 1 aliphatic heterocycles. The number of nitrogens with zero attached hydrogens (tertiary/aromatic N) is 3. The third-order valence-electron chi connectivity index (χ3n) is 5.48. The number of benzene rings is 1. The van der Waals surface area contributed by atoms with E-state index in [4.69, 9.17) is 4.74 Å². The van der Waals surface area contributed by atoms with Gasteiger partial charge in [0.05, 0.1) is 5.69 Å². The number of rotatable bonds is 7. The molecule has 31 heavy (non-hydrogen) atoms. The van der Waals surface area contributed by atoms with Gasteiger partial charge in [0.2, 0.25) is 5.91 Å². The van der Waals surface area contributed by atoms with Crippen molar-refractivity contribution in [2.45, 2.75) is 38.7 Å². The normalized spacial score (nSPS) is 14.3. The van der Waals surface area contributed by atoms with Gasteiger partial charge in [0.25, 0.3) is 5.91 Å². The van der Waals surface area contributed by atoms with E-state index in [1.807, 2.05) is 46.0 Å². The third-order valence-corrected chi connectivity index (χ3v) is 5.48. The molecule has 7 heteroatoms. The number of carbonyl (C=O) groups is 2. The van der Waals surface area contributed by atoms with Crippen molar-refractivity contribution in [3.05, 3.63) is 66.1 Å². The van der Waals surface area contributed by atoms with E-state index >= 15 is 0 Å². The Morgan fingerprint density at radius 2 is 1.87 bits per heavy atom. The summed E-state index contributed by atoms with van der Waals surface area (Å²) in [6.07, 6.45) is 8.71. The lowest BCUT2D eigenvalue weighted by atomic mass is 10.2. The Kier molecular flexibility index (Phi) is 6.82. The van der Waals surface area contributed by atoms with E-state index in [0.717, 1.165) is 37.3 Å². The molecule has 0 saturated carbocycles. The lowest BCUT2D eigenvalue weighted by molar-refractivity contribution is -0.131. The number of nitrogens with one attached hydrogen (secondary N) is 1. The van der Waals surface area contributed by atoms with Crippen molar-refractivity contribution >= 4 is 17.5 Å². The van der Waals surface area contributed by atoms with Gasteiger partial charge in [0.15, 0.2) is 0 Å². The van der Waals surface area contributed by atoms with Crippen molar-refractivity contribution in [2.24, 2.45) is 0 Å². The minimum absolute atomic E-state index is 0.117. The van der Waals surface area contributed by atoms with Gasteiger partial charge in [-0.05, 0) is 43.2 Å². The lowest BCUT2D eigenvalue weighted by Crippen LogP contribution is -2.35. The molecule has 162 valence electrons. The molecule has 0 radical (unpaired) electrons. The maximum atomic E-state index is 12.5. The van der Waals surface area contributed by atoms with E-state index in [1.165, 1.54) is 12.8 Å². The van der Waals surface area contributed by atoms with Gasteiger partial charge >= 0.3 is 0 Å². The highest BCUT2D eigenvalue weighted by molar-refractivity contribution is 5.94. The van der Waals surface area contributed by atoms with Crippen LogP contribution in [0.15, 0.2) is 54.9 Å². The van der Waals surface area contributed by atoms with Gasteiger partial charge in [0, 0.05) is 44.0 Å². The van der Waals surface area contributed by atoms with Crippen molar-refractivity contribution < 1.29 is 14.3 Å². The van der Waals surface area contributed by atoms with Gasteiger partial charge < -0.3 is 19.4 Å². The highest BCUT2D eigenvalue weighted by Gasteiger charge is 2.15. The lowest BCUT2D eigenvalue weighted by Gasteiger charge is -2.20. The standard InChI is InChI=1S/C24H28N4O3/c29-23(27-13-4-1-2-5-14-27)11-12-25-24(30)19-8-7-9-21(16-19)31-18-20-17-28-15-6-3-10-22(28)26-20/h3,6-10,15-17H,1-2,4-5,11-14,18H2,(H,25,30). The number of carbonyl (C=O) groups excluding carboxylic acids is 2. The molecule has 0 bridgehead atoms. The van der Waals surface area contributed by atoms with Crippen LogP contribution in [0, 0.1) is 0 Å². The van der Waals surface area contributed by atoms with Crippen molar-refractivity contribution in [1.82, 2.24) is 19.6 Å². The first-order valence-electron chi connectivity index (χ1n) is 10.9. The van der Waals surface area contributed by atoms with Crippen LogP contribution < -0.4 is 10.1 Å². The Hall–Kier alpha value is -3.35. The first-order valence-corrected chi connectivity index (χ1v) is 10.9. The number of ether oxygens (including phenoxy) is 1. The highest BCUT2D eigenvalue weighted by atomic mass is 16.5. The van der Waals surface area contributed by atoms with Gasteiger partial charge in [-0.25, -0.2) is 4.98 Å². The number of hydrogen-bond donors (Lipinski definition) is 1. The van der Waals surface area contributed by atoms with Crippen LogP contribution in [-0.2, 0) is 11.4 Å². The summed E-state index contributed by atoms with van der Waals surface area (Å²) >= 11 is 0. The molecule has 2 aromatic heterocycles. The second kappa shape index (κ2) is 10.1. The minimum Gasteiger partial charge on any atom is -0.487 e. The van der Waals surface area contributed by atoms with E-state index in [1.54, 1.807) is 18.2 Å². The van der Waals surface area contributed by atoms with E-state index < -0.39 is 0 Å². The number of fused-ring (bicyclic) bond motifs is 1. The molecule has 0 atom stereocenters. The molecule has 1 saturated heterocycles. The maximum Gasteiger partial charge on any atom is 0.251 e. The fourth-order valence-corrected chi connectivity index (χ4v) is 3.80. The molecule has 0 unspecified atom stereocenters. The second-order valence-electron chi connectivity index (χ2n) is 7.82. The molecular weight excluding hydrogens is 392 g/mol. The fraction of sp³-hybridized carbons (Fsp3) is 0.375. The predicted octanol–water partition coefficient (Wildman–Crippen LogP) is 3.44. The van der Waals surface area contributed by atoms with Crippen molar-refractivity contribution in [3.8, 4) is 5.75 Å². The smallest absolute Gasteiger partial charge is 0.251 e. The number of likely N-dealkylation sites (tertiary alicyclic amines) is 1.